The lowest BCUT2D eigenvalue weighted by Gasteiger charge is -2.23. The molecule has 3 aromatic rings. The van der Waals surface area contributed by atoms with Crippen LogP contribution in [0.25, 0.3) is 11.0 Å². The Balaban J connectivity index is 1.62. The molecule has 0 aliphatic carbocycles. The number of benzene rings is 1. The molecule has 0 spiro atoms. The summed E-state index contributed by atoms with van der Waals surface area (Å²) in [7, 11) is 0. The number of thiophene rings is 1. The van der Waals surface area contributed by atoms with Gasteiger partial charge in [-0.3, -0.25) is 19.4 Å². The molecule has 0 radical (unpaired) electrons. The Morgan fingerprint density at radius 3 is 2.89 bits per heavy atom. The van der Waals surface area contributed by atoms with Crippen LogP contribution >= 0.6 is 11.3 Å². The van der Waals surface area contributed by atoms with E-state index < -0.39 is 17.9 Å². The lowest BCUT2D eigenvalue weighted by Crippen LogP contribution is -2.42. The van der Waals surface area contributed by atoms with Crippen LogP contribution in [0, 0.1) is 24.2 Å². The van der Waals surface area contributed by atoms with Crippen molar-refractivity contribution in [2.45, 2.75) is 32.2 Å². The van der Waals surface area contributed by atoms with Gasteiger partial charge in [-0.15, -0.1) is 0 Å². The summed E-state index contributed by atoms with van der Waals surface area (Å²) < 4.78 is 5.59. The molecule has 1 unspecified atom stereocenters. The molecule has 0 bridgehead atoms. The fourth-order valence-electron chi connectivity index (χ4n) is 4.06. The van der Waals surface area contributed by atoms with Gasteiger partial charge in [-0.25, -0.2) is 0 Å². The number of fused-ring (bicyclic) bond motifs is 1. The van der Waals surface area contributed by atoms with Crippen LogP contribution in [0.2, 0.25) is 0 Å². The summed E-state index contributed by atoms with van der Waals surface area (Å²) in [6.45, 7) is 2.24. The number of Topliss-reactive ketones (excluding diaryl/α,β-unsaturated/α-hetero) is 1. The monoisotopic (exact) mass is 491 g/mol. The van der Waals surface area contributed by atoms with E-state index in [-0.39, 0.29) is 24.1 Å². The molecular weight excluding hydrogens is 466 g/mol. The van der Waals surface area contributed by atoms with Gasteiger partial charge < -0.3 is 20.4 Å². The number of carbonyl (C=O) groups excluding carboxylic acids is 3. The number of primary amides is 1. The topological polar surface area (TPSA) is 142 Å². The van der Waals surface area contributed by atoms with E-state index in [1.807, 2.05) is 24.4 Å². The number of anilines is 1. The average Bonchev–Trinajstić information content (AvgIpc) is 3.45. The lowest BCUT2D eigenvalue weighted by molar-refractivity contribution is -0.131. The minimum absolute atomic E-state index is 0.00364. The largest absolute Gasteiger partial charge is 0.461 e. The number of amides is 2. The third kappa shape index (κ3) is 5.58. The molecule has 1 aliphatic heterocycles. The zero-order valence-corrected chi connectivity index (χ0v) is 20.0. The summed E-state index contributed by atoms with van der Waals surface area (Å²) in [6.07, 6.45) is 1.87. The maximum absolute atomic E-state index is 13.3. The second-order valence-electron chi connectivity index (χ2n) is 8.42. The van der Waals surface area contributed by atoms with Gasteiger partial charge in [-0.1, -0.05) is 0 Å². The van der Waals surface area contributed by atoms with Gasteiger partial charge >= 0.3 is 0 Å². The highest BCUT2D eigenvalue weighted by Crippen LogP contribution is 2.24. The van der Waals surface area contributed by atoms with Crippen molar-refractivity contribution in [3.05, 3.63) is 52.4 Å². The maximum Gasteiger partial charge on any atom is 0.247 e. The van der Waals surface area contributed by atoms with Crippen molar-refractivity contribution in [2.24, 2.45) is 16.6 Å². The average molecular weight is 492 g/mol. The number of ketones is 1. The second kappa shape index (κ2) is 10.5. The zero-order chi connectivity index (χ0) is 24.9. The molecule has 180 valence electrons. The molecule has 3 N–H and O–H groups in total. The van der Waals surface area contributed by atoms with Crippen LogP contribution < -0.4 is 11.1 Å². The van der Waals surface area contributed by atoms with Gasteiger partial charge in [-0.05, 0) is 61.9 Å². The molecule has 2 atom stereocenters. The number of hydrogen-bond acceptors (Lipinski definition) is 7. The number of nitrogens with zero attached hydrogens (tertiary/aromatic N) is 3. The van der Waals surface area contributed by atoms with Crippen molar-refractivity contribution in [1.82, 2.24) is 4.90 Å². The Morgan fingerprint density at radius 1 is 1.34 bits per heavy atom. The van der Waals surface area contributed by atoms with Gasteiger partial charge in [-0.2, -0.15) is 16.6 Å². The van der Waals surface area contributed by atoms with Gasteiger partial charge in [0.05, 0.1) is 12.6 Å². The van der Waals surface area contributed by atoms with Gasteiger partial charge in [0.1, 0.15) is 23.2 Å². The van der Waals surface area contributed by atoms with E-state index in [9.17, 15) is 19.6 Å². The molecule has 3 heterocycles. The number of hydrogen-bond donors (Lipinski definition) is 2. The molecule has 1 fully saturated rings. The first-order valence-corrected chi connectivity index (χ1v) is 12.2. The molecule has 1 saturated heterocycles. The smallest absolute Gasteiger partial charge is 0.247 e. The number of nitrogens with one attached hydrogen (secondary N) is 1. The fraction of sp³-hybridized carbons (Fsp3) is 0.320. The normalized spacial score (nSPS) is 17.6. The summed E-state index contributed by atoms with van der Waals surface area (Å²) in [5.41, 5.74) is 7.32. The number of furan rings is 1. The van der Waals surface area contributed by atoms with E-state index in [1.165, 1.54) is 16.2 Å². The molecular formula is C25H25N5O4S. The Hall–Kier alpha value is -3.97. The standard InChI is InChI=1S/C25H25N5O4S/c1-15-10-17-11-18(5-6-22(17)34-15)28-24(19(12-26)23(27)32)29-20-4-2-3-8-30(25(20)33)13-21(31)16-7-9-35-14-16/h5-7,9-11,14,19-20H,2-4,8,13H2,1H3,(H2,27,32)(H,28,29)/t19?,20-/m0/s1. The van der Waals surface area contributed by atoms with Gasteiger partial charge in [0.15, 0.2) is 11.7 Å². The van der Waals surface area contributed by atoms with Crippen molar-refractivity contribution in [3.8, 4) is 6.07 Å². The van der Waals surface area contributed by atoms with Gasteiger partial charge in [0, 0.05) is 28.6 Å². The highest BCUT2D eigenvalue weighted by Gasteiger charge is 2.31. The van der Waals surface area contributed by atoms with Crippen molar-refractivity contribution >= 4 is 51.4 Å². The number of aryl methyl sites for hydroxylation is 1. The Morgan fingerprint density at radius 2 is 2.17 bits per heavy atom. The number of carbonyl (C=O) groups is 3. The molecule has 1 aliphatic rings. The Labute approximate surface area is 206 Å². The highest BCUT2D eigenvalue weighted by molar-refractivity contribution is 7.08. The minimum atomic E-state index is -1.37. The summed E-state index contributed by atoms with van der Waals surface area (Å²) in [6, 6.07) is 9.94. The minimum Gasteiger partial charge on any atom is -0.461 e. The molecule has 4 rings (SSSR count). The molecule has 35 heavy (non-hydrogen) atoms. The molecule has 9 nitrogen and oxygen atoms in total. The zero-order valence-electron chi connectivity index (χ0n) is 19.2. The predicted octanol–water partition coefficient (Wildman–Crippen LogP) is 3.50. The van der Waals surface area contributed by atoms with Crippen LogP contribution in [0.1, 0.15) is 35.4 Å². The van der Waals surface area contributed by atoms with Crippen molar-refractivity contribution in [1.29, 1.82) is 5.26 Å². The summed E-state index contributed by atoms with van der Waals surface area (Å²) >= 11 is 1.42. The van der Waals surface area contributed by atoms with Gasteiger partial charge in [0.25, 0.3) is 0 Å². The van der Waals surface area contributed by atoms with Crippen LogP contribution in [0.4, 0.5) is 5.69 Å². The van der Waals surface area contributed by atoms with Crippen LogP contribution in [-0.4, -0.2) is 47.5 Å². The highest BCUT2D eigenvalue weighted by atomic mass is 32.1. The Kier molecular flexibility index (Phi) is 7.27. The third-order valence-electron chi connectivity index (χ3n) is 5.82. The quantitative estimate of drug-likeness (QED) is 0.294. The number of aliphatic imine (C=N–C) groups is 1. The SMILES string of the molecule is Cc1cc2cc(NC(=N[C@H]3CCCCN(CC(=O)c4ccsc4)C3=O)C(C#N)C(N)=O)ccc2o1. The van der Waals surface area contributed by atoms with E-state index in [2.05, 4.69) is 10.3 Å². The first kappa shape index (κ1) is 24.2. The van der Waals surface area contributed by atoms with Crippen molar-refractivity contribution in [3.63, 3.8) is 0 Å². The lowest BCUT2D eigenvalue weighted by atomic mass is 10.1. The molecule has 2 amide bonds. The second-order valence-corrected chi connectivity index (χ2v) is 9.20. The number of nitrogens with two attached hydrogens (primary N) is 1. The Bertz CT molecular complexity index is 1320. The van der Waals surface area contributed by atoms with Gasteiger partial charge in [0.2, 0.25) is 11.8 Å². The summed E-state index contributed by atoms with van der Waals surface area (Å²) in [5.74, 6) is -1.94. The van der Waals surface area contributed by atoms with E-state index >= 15 is 0 Å². The maximum atomic E-state index is 13.3. The number of nitriles is 1. The number of likely N-dealkylation sites (tertiary alicyclic amines) is 1. The van der Waals surface area contributed by atoms with E-state index in [1.54, 1.807) is 29.6 Å². The fourth-order valence-corrected chi connectivity index (χ4v) is 4.72. The molecule has 1 aromatic carbocycles. The van der Waals surface area contributed by atoms with Crippen LogP contribution in [-0.2, 0) is 9.59 Å². The van der Waals surface area contributed by atoms with Crippen molar-refractivity contribution in [2.75, 3.05) is 18.4 Å². The summed E-state index contributed by atoms with van der Waals surface area (Å²) in [5, 5.41) is 17.1. The molecule has 0 saturated carbocycles. The van der Waals surface area contributed by atoms with Crippen LogP contribution in [0.3, 0.4) is 0 Å². The number of rotatable bonds is 7. The molecule has 10 heteroatoms. The molecule has 2 aromatic heterocycles. The van der Waals surface area contributed by atoms with E-state index in [0.717, 1.165) is 17.6 Å². The van der Waals surface area contributed by atoms with E-state index in [0.29, 0.717) is 36.2 Å². The predicted molar refractivity (Wildman–Crippen MR) is 133 cm³/mol. The number of amidine groups is 1. The summed E-state index contributed by atoms with van der Waals surface area (Å²) in [4.78, 5) is 44.0. The first-order chi connectivity index (χ1) is 16.9. The van der Waals surface area contributed by atoms with Crippen LogP contribution in [0.5, 0.6) is 0 Å². The van der Waals surface area contributed by atoms with Crippen LogP contribution in [0.15, 0.2) is 50.5 Å². The van der Waals surface area contributed by atoms with E-state index in [4.69, 9.17) is 10.2 Å². The first-order valence-electron chi connectivity index (χ1n) is 11.2. The third-order valence-corrected chi connectivity index (χ3v) is 6.51. The van der Waals surface area contributed by atoms with Crippen molar-refractivity contribution < 1.29 is 18.8 Å².